The van der Waals surface area contributed by atoms with Gasteiger partial charge in [0.05, 0.1) is 6.04 Å². The molecular formula is C24H31N3O3. The predicted octanol–water partition coefficient (Wildman–Crippen LogP) is 3.39. The van der Waals surface area contributed by atoms with E-state index in [4.69, 9.17) is 4.74 Å². The second-order valence-electron chi connectivity index (χ2n) is 7.39. The molecule has 30 heavy (non-hydrogen) atoms. The Morgan fingerprint density at radius 3 is 2.57 bits per heavy atom. The van der Waals surface area contributed by atoms with Gasteiger partial charge in [-0.15, -0.1) is 0 Å². The van der Waals surface area contributed by atoms with E-state index in [0.29, 0.717) is 18.7 Å². The van der Waals surface area contributed by atoms with E-state index in [-0.39, 0.29) is 24.5 Å². The van der Waals surface area contributed by atoms with Crippen molar-refractivity contribution in [1.29, 1.82) is 0 Å². The van der Waals surface area contributed by atoms with Crippen LogP contribution < -0.4 is 15.0 Å². The Labute approximate surface area is 178 Å². The minimum Gasteiger partial charge on any atom is -0.484 e. The molecule has 2 aromatic carbocycles. The summed E-state index contributed by atoms with van der Waals surface area (Å²) in [5.41, 5.74) is 2.01. The number of carbonyl (C=O) groups excluding carboxylic acids is 2. The van der Waals surface area contributed by atoms with Crippen molar-refractivity contribution in [2.45, 2.75) is 32.7 Å². The molecule has 3 rings (SSSR count). The molecule has 6 heteroatoms. The highest BCUT2D eigenvalue weighted by Crippen LogP contribution is 2.25. The van der Waals surface area contributed by atoms with Crippen molar-refractivity contribution < 1.29 is 14.3 Å². The van der Waals surface area contributed by atoms with Gasteiger partial charge in [-0.3, -0.25) is 14.5 Å². The maximum Gasteiger partial charge on any atom is 0.258 e. The first-order valence-electron chi connectivity index (χ1n) is 10.7. The Hall–Kier alpha value is -2.86. The number of likely N-dealkylation sites (N-methyl/N-ethyl adjacent to an activating group) is 1. The predicted molar refractivity (Wildman–Crippen MR) is 119 cm³/mol. The Morgan fingerprint density at radius 1 is 1.13 bits per heavy atom. The summed E-state index contributed by atoms with van der Waals surface area (Å²) in [5, 5.41) is 3.01. The number of hydrogen-bond acceptors (Lipinski definition) is 4. The Kier molecular flexibility index (Phi) is 7.85. The number of anilines is 1. The van der Waals surface area contributed by atoms with Gasteiger partial charge >= 0.3 is 0 Å². The van der Waals surface area contributed by atoms with Gasteiger partial charge in [-0.25, -0.2) is 0 Å². The van der Waals surface area contributed by atoms with Crippen LogP contribution in [0.25, 0.3) is 0 Å². The van der Waals surface area contributed by atoms with E-state index < -0.39 is 0 Å². The highest BCUT2D eigenvalue weighted by molar-refractivity contribution is 5.95. The molecule has 0 aromatic heterocycles. The van der Waals surface area contributed by atoms with Gasteiger partial charge in [0.2, 0.25) is 5.91 Å². The second kappa shape index (κ2) is 10.8. The minimum absolute atomic E-state index is 0.0584. The molecule has 1 fully saturated rings. The van der Waals surface area contributed by atoms with E-state index >= 15 is 0 Å². The molecule has 1 unspecified atom stereocenters. The number of ether oxygens (including phenoxy) is 1. The van der Waals surface area contributed by atoms with Crippen LogP contribution in [0.15, 0.2) is 54.6 Å². The SMILES string of the molecule is CCN(CC)C(CNC(=O)COc1cccc(N2CCCC2=O)c1)c1ccccc1. The Bertz CT molecular complexity index is 837. The zero-order chi connectivity index (χ0) is 21.3. The lowest BCUT2D eigenvalue weighted by Crippen LogP contribution is -2.39. The molecular weight excluding hydrogens is 378 g/mol. The van der Waals surface area contributed by atoms with Crippen molar-refractivity contribution in [1.82, 2.24) is 10.2 Å². The van der Waals surface area contributed by atoms with Gasteiger partial charge in [0.1, 0.15) is 5.75 Å². The molecule has 0 radical (unpaired) electrons. The van der Waals surface area contributed by atoms with Crippen LogP contribution in [0.4, 0.5) is 5.69 Å². The van der Waals surface area contributed by atoms with E-state index in [0.717, 1.165) is 31.7 Å². The van der Waals surface area contributed by atoms with Crippen molar-refractivity contribution in [3.05, 3.63) is 60.2 Å². The van der Waals surface area contributed by atoms with E-state index in [1.807, 2.05) is 36.4 Å². The van der Waals surface area contributed by atoms with Crippen molar-refractivity contribution in [2.24, 2.45) is 0 Å². The Morgan fingerprint density at radius 2 is 1.90 bits per heavy atom. The van der Waals surface area contributed by atoms with E-state index in [2.05, 4.69) is 36.2 Å². The van der Waals surface area contributed by atoms with Crippen molar-refractivity contribution in [3.8, 4) is 5.75 Å². The number of hydrogen-bond donors (Lipinski definition) is 1. The fourth-order valence-electron chi connectivity index (χ4n) is 3.87. The number of amides is 2. The van der Waals surface area contributed by atoms with Crippen LogP contribution in [0.5, 0.6) is 5.75 Å². The summed E-state index contributed by atoms with van der Waals surface area (Å²) in [6.45, 7) is 7.27. The lowest BCUT2D eigenvalue weighted by Gasteiger charge is -2.30. The summed E-state index contributed by atoms with van der Waals surface area (Å²) in [6, 6.07) is 17.7. The third kappa shape index (κ3) is 5.60. The third-order valence-corrected chi connectivity index (χ3v) is 5.50. The number of carbonyl (C=O) groups is 2. The van der Waals surface area contributed by atoms with Crippen LogP contribution in [0, 0.1) is 0 Å². The van der Waals surface area contributed by atoms with Crippen LogP contribution in [0.3, 0.4) is 0 Å². The van der Waals surface area contributed by atoms with Crippen molar-refractivity contribution >= 4 is 17.5 Å². The van der Waals surface area contributed by atoms with Crippen LogP contribution in [0.1, 0.15) is 38.3 Å². The number of nitrogens with zero attached hydrogens (tertiary/aromatic N) is 2. The minimum atomic E-state index is -0.161. The summed E-state index contributed by atoms with van der Waals surface area (Å²) in [4.78, 5) is 28.5. The van der Waals surface area contributed by atoms with Gasteiger partial charge in [-0.1, -0.05) is 50.2 Å². The molecule has 1 N–H and O–H groups in total. The van der Waals surface area contributed by atoms with Crippen molar-refractivity contribution in [3.63, 3.8) is 0 Å². The quantitative estimate of drug-likeness (QED) is 0.653. The van der Waals surface area contributed by atoms with Gasteiger partial charge < -0.3 is 15.0 Å². The average Bonchev–Trinajstić information content (AvgIpc) is 3.22. The second-order valence-corrected chi connectivity index (χ2v) is 7.39. The first-order chi connectivity index (χ1) is 14.6. The molecule has 0 spiro atoms. The topological polar surface area (TPSA) is 61.9 Å². The van der Waals surface area contributed by atoms with Gasteiger partial charge in [0, 0.05) is 31.3 Å². The summed E-state index contributed by atoms with van der Waals surface area (Å²) in [5.74, 6) is 0.560. The maximum absolute atomic E-state index is 12.4. The fraction of sp³-hybridized carbons (Fsp3) is 0.417. The summed E-state index contributed by atoms with van der Waals surface area (Å²) in [6.07, 6.45) is 1.46. The number of benzene rings is 2. The monoisotopic (exact) mass is 409 g/mol. The number of nitrogens with one attached hydrogen (secondary N) is 1. The lowest BCUT2D eigenvalue weighted by atomic mass is 10.1. The van der Waals surface area contributed by atoms with E-state index in [9.17, 15) is 9.59 Å². The molecule has 2 amide bonds. The maximum atomic E-state index is 12.4. The molecule has 0 aliphatic carbocycles. The Balaban J connectivity index is 1.55. The van der Waals surface area contributed by atoms with Gasteiger partial charge in [0.15, 0.2) is 6.61 Å². The lowest BCUT2D eigenvalue weighted by molar-refractivity contribution is -0.123. The normalized spacial score (nSPS) is 14.8. The van der Waals surface area contributed by atoms with Crippen LogP contribution in [-0.2, 0) is 9.59 Å². The smallest absolute Gasteiger partial charge is 0.258 e. The van der Waals surface area contributed by atoms with Crippen LogP contribution in [0.2, 0.25) is 0 Å². The molecule has 1 aliphatic rings. The average molecular weight is 410 g/mol. The highest BCUT2D eigenvalue weighted by Gasteiger charge is 2.22. The summed E-state index contributed by atoms with van der Waals surface area (Å²) in [7, 11) is 0. The number of rotatable bonds is 10. The van der Waals surface area contributed by atoms with Crippen LogP contribution in [-0.4, -0.2) is 49.5 Å². The molecule has 1 saturated heterocycles. The highest BCUT2D eigenvalue weighted by atomic mass is 16.5. The molecule has 1 atom stereocenters. The van der Waals surface area contributed by atoms with Gasteiger partial charge in [-0.05, 0) is 37.2 Å². The molecule has 1 heterocycles. The molecule has 0 bridgehead atoms. The van der Waals surface area contributed by atoms with E-state index in [1.54, 1.807) is 11.0 Å². The molecule has 0 saturated carbocycles. The first-order valence-corrected chi connectivity index (χ1v) is 10.7. The van der Waals surface area contributed by atoms with Gasteiger partial charge in [0.25, 0.3) is 5.91 Å². The zero-order valence-corrected chi connectivity index (χ0v) is 17.8. The van der Waals surface area contributed by atoms with Gasteiger partial charge in [-0.2, -0.15) is 0 Å². The largest absolute Gasteiger partial charge is 0.484 e. The zero-order valence-electron chi connectivity index (χ0n) is 17.8. The fourth-order valence-corrected chi connectivity index (χ4v) is 3.87. The molecule has 1 aliphatic heterocycles. The molecule has 160 valence electrons. The molecule has 2 aromatic rings. The summed E-state index contributed by atoms with van der Waals surface area (Å²) >= 11 is 0. The van der Waals surface area contributed by atoms with Crippen molar-refractivity contribution in [2.75, 3.05) is 37.7 Å². The summed E-state index contributed by atoms with van der Waals surface area (Å²) < 4.78 is 5.69. The van der Waals surface area contributed by atoms with Crippen LogP contribution >= 0.6 is 0 Å². The third-order valence-electron chi connectivity index (χ3n) is 5.50. The standard InChI is InChI=1S/C24H31N3O3/c1-3-26(4-2)22(19-10-6-5-7-11-19)17-25-23(28)18-30-21-13-8-12-20(16-21)27-15-9-14-24(27)29/h5-8,10-13,16,22H,3-4,9,14-15,17-18H2,1-2H3,(H,25,28). The van der Waals surface area contributed by atoms with E-state index in [1.165, 1.54) is 5.56 Å². The first kappa shape index (κ1) is 21.8. The molecule has 6 nitrogen and oxygen atoms in total.